The maximum atomic E-state index is 14.2. The Bertz CT molecular complexity index is 677. The van der Waals surface area contributed by atoms with E-state index >= 15 is 0 Å². The van der Waals surface area contributed by atoms with Crippen molar-refractivity contribution in [2.75, 3.05) is 6.61 Å². The van der Waals surface area contributed by atoms with E-state index in [2.05, 4.69) is 13.0 Å². The average Bonchev–Trinajstić information content (AvgIpc) is 2.57. The summed E-state index contributed by atoms with van der Waals surface area (Å²) in [6.45, 7) is 3.76. The predicted molar refractivity (Wildman–Crippen MR) is 91.9 cm³/mol. The van der Waals surface area contributed by atoms with Gasteiger partial charge in [-0.05, 0) is 57.1 Å². The molecule has 0 aromatic heterocycles. The van der Waals surface area contributed by atoms with E-state index in [9.17, 15) is 22.4 Å². The number of carbonyl (C=O) groups is 1. The molecule has 0 amide bonds. The third kappa shape index (κ3) is 5.08. The second kappa shape index (κ2) is 8.69. The molecule has 1 unspecified atom stereocenters. The molecule has 0 spiro atoms. The van der Waals surface area contributed by atoms with E-state index in [-0.39, 0.29) is 13.0 Å². The van der Waals surface area contributed by atoms with Crippen LogP contribution < -0.4 is 4.74 Å². The summed E-state index contributed by atoms with van der Waals surface area (Å²) in [4.78, 5) is 12.3. The van der Waals surface area contributed by atoms with Gasteiger partial charge in [0.15, 0.2) is 17.3 Å². The minimum Gasteiger partial charge on any atom is -0.491 e. The Balaban J connectivity index is 2.11. The highest BCUT2D eigenvalue weighted by molar-refractivity contribution is 5.98. The molecule has 0 saturated carbocycles. The second-order valence-corrected chi connectivity index (χ2v) is 6.75. The van der Waals surface area contributed by atoms with Crippen LogP contribution in [0.4, 0.5) is 17.6 Å². The molecule has 1 aromatic carbocycles. The molecule has 1 aromatic rings. The standard InChI is InChI=1S/C20H24F4O2/c1-3-26-17-12-11-15(18(19(17)21)20(22,23)24)16(25)6-4-5-14-9-7-13(2)8-10-14/h9,11-13H,3-8,10H2,1-2H3. The first-order valence-electron chi connectivity index (χ1n) is 8.97. The SMILES string of the molecule is CCOc1ccc(C(=O)CCCC2=CCC(C)CC2)c(C(F)(F)F)c1F. The molecule has 0 heterocycles. The van der Waals surface area contributed by atoms with Crippen LogP contribution >= 0.6 is 0 Å². The molecule has 1 atom stereocenters. The van der Waals surface area contributed by atoms with E-state index < -0.39 is 34.7 Å². The Morgan fingerprint density at radius 2 is 2.04 bits per heavy atom. The summed E-state index contributed by atoms with van der Waals surface area (Å²) in [5.74, 6) is -2.04. The first kappa shape index (κ1) is 20.5. The van der Waals surface area contributed by atoms with E-state index in [0.29, 0.717) is 18.8 Å². The fraction of sp³-hybridized carbons (Fsp3) is 0.550. The zero-order valence-corrected chi connectivity index (χ0v) is 15.1. The monoisotopic (exact) mass is 372 g/mol. The van der Waals surface area contributed by atoms with Gasteiger partial charge in [0, 0.05) is 12.0 Å². The van der Waals surface area contributed by atoms with Gasteiger partial charge >= 0.3 is 6.18 Å². The van der Waals surface area contributed by atoms with E-state index in [4.69, 9.17) is 4.74 Å². The minimum absolute atomic E-state index is 0.0369. The third-order valence-corrected chi connectivity index (χ3v) is 4.66. The second-order valence-electron chi connectivity index (χ2n) is 6.75. The Kier molecular flexibility index (Phi) is 6.84. The summed E-state index contributed by atoms with van der Waals surface area (Å²) in [5, 5.41) is 0. The first-order valence-corrected chi connectivity index (χ1v) is 8.97. The van der Waals surface area contributed by atoms with Crippen molar-refractivity contribution in [1.82, 2.24) is 0 Å². The van der Waals surface area contributed by atoms with Gasteiger partial charge in [-0.2, -0.15) is 13.2 Å². The summed E-state index contributed by atoms with van der Waals surface area (Å²) in [6.07, 6.45) is 1.41. The number of carbonyl (C=O) groups excluding carboxylic acids is 1. The van der Waals surface area contributed by atoms with Crippen molar-refractivity contribution in [3.8, 4) is 5.75 Å². The van der Waals surface area contributed by atoms with Crippen LogP contribution in [0.1, 0.15) is 68.3 Å². The van der Waals surface area contributed by atoms with Crippen LogP contribution in [0.25, 0.3) is 0 Å². The van der Waals surface area contributed by atoms with E-state index in [0.717, 1.165) is 31.4 Å². The van der Waals surface area contributed by atoms with Crippen LogP contribution in [0.15, 0.2) is 23.8 Å². The van der Waals surface area contributed by atoms with Crippen LogP contribution in [0.5, 0.6) is 5.75 Å². The summed E-state index contributed by atoms with van der Waals surface area (Å²) in [5.41, 5.74) is -0.895. The summed E-state index contributed by atoms with van der Waals surface area (Å²) in [7, 11) is 0. The largest absolute Gasteiger partial charge is 0.491 e. The molecular formula is C20H24F4O2. The van der Waals surface area contributed by atoms with Crippen molar-refractivity contribution in [3.63, 3.8) is 0 Å². The number of alkyl halides is 3. The molecule has 0 fully saturated rings. The Morgan fingerprint density at radius 3 is 2.62 bits per heavy atom. The highest BCUT2D eigenvalue weighted by atomic mass is 19.4. The van der Waals surface area contributed by atoms with Crippen molar-refractivity contribution >= 4 is 5.78 Å². The molecule has 2 rings (SSSR count). The van der Waals surface area contributed by atoms with Crippen molar-refractivity contribution < 1.29 is 27.1 Å². The first-order chi connectivity index (χ1) is 12.2. The van der Waals surface area contributed by atoms with Gasteiger partial charge in [-0.15, -0.1) is 0 Å². The molecule has 1 aliphatic rings. The van der Waals surface area contributed by atoms with Crippen molar-refractivity contribution in [3.05, 3.63) is 40.7 Å². The molecule has 2 nitrogen and oxygen atoms in total. The number of ether oxygens (including phenoxy) is 1. The molecule has 144 valence electrons. The van der Waals surface area contributed by atoms with Gasteiger partial charge in [0.2, 0.25) is 0 Å². The molecule has 0 N–H and O–H groups in total. The zero-order valence-electron chi connectivity index (χ0n) is 15.1. The van der Waals surface area contributed by atoms with Crippen molar-refractivity contribution in [1.29, 1.82) is 0 Å². The number of hydrogen-bond donors (Lipinski definition) is 0. The van der Waals surface area contributed by atoms with Gasteiger partial charge in [0.05, 0.1) is 6.61 Å². The van der Waals surface area contributed by atoms with Gasteiger partial charge in [-0.3, -0.25) is 4.79 Å². The lowest BCUT2D eigenvalue weighted by Crippen LogP contribution is -2.17. The summed E-state index contributed by atoms with van der Waals surface area (Å²) in [6, 6.07) is 2.10. The minimum atomic E-state index is -4.95. The smallest absolute Gasteiger partial charge is 0.420 e. The van der Waals surface area contributed by atoms with Crippen molar-refractivity contribution in [2.45, 2.75) is 58.5 Å². The van der Waals surface area contributed by atoms with Crippen LogP contribution in [0.3, 0.4) is 0 Å². The zero-order chi connectivity index (χ0) is 19.3. The topological polar surface area (TPSA) is 26.3 Å². The lowest BCUT2D eigenvalue weighted by atomic mass is 9.88. The van der Waals surface area contributed by atoms with Gasteiger partial charge in [-0.25, -0.2) is 4.39 Å². The lowest BCUT2D eigenvalue weighted by molar-refractivity contribution is -0.140. The van der Waals surface area contributed by atoms with Crippen LogP contribution in [0.2, 0.25) is 0 Å². The third-order valence-electron chi connectivity index (χ3n) is 4.66. The van der Waals surface area contributed by atoms with Crippen LogP contribution in [-0.2, 0) is 6.18 Å². The molecule has 0 aliphatic heterocycles. The molecule has 0 saturated heterocycles. The lowest BCUT2D eigenvalue weighted by Gasteiger charge is -2.18. The number of benzene rings is 1. The quantitative estimate of drug-likeness (QED) is 0.317. The van der Waals surface area contributed by atoms with Gasteiger partial charge in [0.1, 0.15) is 5.56 Å². The van der Waals surface area contributed by atoms with Gasteiger partial charge in [0.25, 0.3) is 0 Å². The number of ketones is 1. The normalized spacial score (nSPS) is 17.8. The molecule has 26 heavy (non-hydrogen) atoms. The highest BCUT2D eigenvalue weighted by Gasteiger charge is 2.39. The number of halogens is 4. The predicted octanol–water partition coefficient (Wildman–Crippen LogP) is 6.34. The van der Waals surface area contributed by atoms with Gasteiger partial charge in [-0.1, -0.05) is 18.6 Å². The Hall–Kier alpha value is -1.85. The van der Waals surface area contributed by atoms with E-state index in [1.165, 1.54) is 5.57 Å². The molecule has 0 radical (unpaired) electrons. The maximum Gasteiger partial charge on any atom is 0.420 e. The molecule has 1 aliphatic carbocycles. The average molecular weight is 372 g/mol. The number of rotatable bonds is 7. The van der Waals surface area contributed by atoms with E-state index in [1.807, 2.05) is 0 Å². The van der Waals surface area contributed by atoms with Crippen LogP contribution in [-0.4, -0.2) is 12.4 Å². The maximum absolute atomic E-state index is 14.2. The number of Topliss-reactive ketones (excluding diaryl/α,β-unsaturated/α-hetero) is 1. The summed E-state index contributed by atoms with van der Waals surface area (Å²) >= 11 is 0. The number of allylic oxidation sites excluding steroid dienone is 2. The van der Waals surface area contributed by atoms with Gasteiger partial charge < -0.3 is 4.74 Å². The van der Waals surface area contributed by atoms with Crippen LogP contribution in [0, 0.1) is 11.7 Å². The Morgan fingerprint density at radius 1 is 1.31 bits per heavy atom. The fourth-order valence-corrected chi connectivity index (χ4v) is 3.19. The molecule has 6 heteroatoms. The molecular weight excluding hydrogens is 348 g/mol. The Labute approximate surface area is 151 Å². The fourth-order valence-electron chi connectivity index (χ4n) is 3.19. The number of hydrogen-bond acceptors (Lipinski definition) is 2. The molecule has 0 bridgehead atoms. The highest BCUT2D eigenvalue weighted by Crippen LogP contribution is 2.38. The summed E-state index contributed by atoms with van der Waals surface area (Å²) < 4.78 is 58.9. The van der Waals surface area contributed by atoms with E-state index in [1.54, 1.807) is 6.92 Å². The van der Waals surface area contributed by atoms with Crippen molar-refractivity contribution in [2.24, 2.45) is 5.92 Å².